The number of azide groups is 1. The minimum atomic E-state index is -3.73. The number of rotatable bonds is 12. The molecule has 1 aromatic rings. The zero-order valence-electron chi connectivity index (χ0n) is 18.1. The number of esters is 1. The monoisotopic (exact) mass is 474 g/mol. The van der Waals surface area contributed by atoms with Crippen LogP contribution in [0.1, 0.15) is 38.0 Å². The van der Waals surface area contributed by atoms with E-state index < -0.39 is 43.3 Å². The molecule has 0 saturated carbocycles. The summed E-state index contributed by atoms with van der Waals surface area (Å²) in [4.78, 5) is 39.9. The molecular weight excluding hydrogens is 447 g/mol. The Hall–Kier alpha value is -2.47. The molecule has 2 heterocycles. The predicted molar refractivity (Wildman–Crippen MR) is 112 cm³/mol. The van der Waals surface area contributed by atoms with Crippen LogP contribution in [-0.2, 0) is 27.9 Å². The first-order valence-corrected chi connectivity index (χ1v) is 11.5. The van der Waals surface area contributed by atoms with Gasteiger partial charge in [0.2, 0.25) is 0 Å². The van der Waals surface area contributed by atoms with Crippen molar-refractivity contribution in [2.75, 3.05) is 26.9 Å². The van der Waals surface area contributed by atoms with E-state index in [4.69, 9.17) is 19.3 Å². The minimum Gasteiger partial charge on any atom is -0.469 e. The summed E-state index contributed by atoms with van der Waals surface area (Å²) in [7, 11) is -2.45. The van der Waals surface area contributed by atoms with Crippen LogP contribution in [0, 0.1) is 6.92 Å². The molecule has 1 aliphatic heterocycles. The number of hydrogen-bond acceptors (Lipinski definition) is 9. The van der Waals surface area contributed by atoms with Crippen LogP contribution in [0.5, 0.6) is 0 Å². The van der Waals surface area contributed by atoms with Crippen molar-refractivity contribution < 1.29 is 27.9 Å². The van der Waals surface area contributed by atoms with Gasteiger partial charge in [-0.3, -0.25) is 28.2 Å². The van der Waals surface area contributed by atoms with Crippen molar-refractivity contribution in [2.45, 2.75) is 51.5 Å². The quantitative estimate of drug-likeness (QED) is 0.113. The molecule has 1 unspecified atom stereocenters. The lowest BCUT2D eigenvalue weighted by atomic mass is 10.1. The van der Waals surface area contributed by atoms with Gasteiger partial charge in [0.05, 0.1) is 32.5 Å². The van der Waals surface area contributed by atoms with Crippen molar-refractivity contribution >= 4 is 13.7 Å². The summed E-state index contributed by atoms with van der Waals surface area (Å²) < 4.78 is 35.2. The first-order valence-electron chi connectivity index (χ1n) is 9.95. The average molecular weight is 474 g/mol. The number of hydrogen-bond donors (Lipinski definition) is 2. The van der Waals surface area contributed by atoms with Gasteiger partial charge >= 0.3 is 19.4 Å². The standard InChI is InChI=1S/C17H27N6O8P/c1-4-29-32(27,19-7-5-6-15(24)28-3)30-10-13-12(21-22-18)8-14(31-13)23-9-11(2)16(25)20-17(23)26/h9,12-14H,4-8,10H2,1-3H3,(H,19,27)(H,20,25,26)/t12-,13+,14+,32?/m0/s1. The van der Waals surface area contributed by atoms with Crippen LogP contribution in [0.3, 0.4) is 0 Å². The Morgan fingerprint density at radius 2 is 2.22 bits per heavy atom. The number of aromatic nitrogens is 2. The summed E-state index contributed by atoms with van der Waals surface area (Å²) in [6, 6.07) is -0.710. The Bertz CT molecular complexity index is 1000. The lowest BCUT2D eigenvalue weighted by Gasteiger charge is -2.22. The Morgan fingerprint density at radius 1 is 1.47 bits per heavy atom. The summed E-state index contributed by atoms with van der Waals surface area (Å²) >= 11 is 0. The zero-order valence-corrected chi connectivity index (χ0v) is 18.9. The summed E-state index contributed by atoms with van der Waals surface area (Å²) in [5.41, 5.74) is 8.01. The molecular formula is C17H27N6O8P. The van der Waals surface area contributed by atoms with Crippen LogP contribution in [0.15, 0.2) is 20.9 Å². The summed E-state index contributed by atoms with van der Waals surface area (Å²) in [5, 5.41) is 6.35. The molecule has 1 fully saturated rings. The average Bonchev–Trinajstić information content (AvgIpc) is 3.15. The highest BCUT2D eigenvalue weighted by atomic mass is 31.2. The molecule has 14 nitrogen and oxygen atoms in total. The zero-order chi connectivity index (χ0) is 23.7. The molecule has 0 spiro atoms. The number of ether oxygens (including phenoxy) is 2. The second-order valence-electron chi connectivity index (χ2n) is 6.91. The number of methoxy groups -OCH3 is 1. The fourth-order valence-electron chi connectivity index (χ4n) is 3.04. The molecule has 1 saturated heterocycles. The molecule has 32 heavy (non-hydrogen) atoms. The van der Waals surface area contributed by atoms with E-state index in [0.717, 1.165) is 0 Å². The number of nitrogens with one attached hydrogen (secondary N) is 2. The van der Waals surface area contributed by atoms with E-state index in [1.165, 1.54) is 17.9 Å². The first-order chi connectivity index (χ1) is 15.2. The second kappa shape index (κ2) is 12.0. The van der Waals surface area contributed by atoms with Crippen LogP contribution in [0.2, 0.25) is 0 Å². The van der Waals surface area contributed by atoms with Gasteiger partial charge in [0.15, 0.2) is 0 Å². The topological polar surface area (TPSA) is 187 Å². The Morgan fingerprint density at radius 3 is 2.88 bits per heavy atom. The van der Waals surface area contributed by atoms with Crippen LogP contribution in [0.4, 0.5) is 0 Å². The van der Waals surface area contributed by atoms with Gasteiger partial charge in [0, 0.05) is 36.1 Å². The molecule has 2 N–H and O–H groups in total. The minimum absolute atomic E-state index is 0.0985. The van der Waals surface area contributed by atoms with E-state index in [1.807, 2.05) is 0 Å². The fourth-order valence-corrected chi connectivity index (χ4v) is 4.42. The molecule has 0 aromatic carbocycles. The molecule has 0 amide bonds. The van der Waals surface area contributed by atoms with Gasteiger partial charge in [-0.15, -0.1) is 0 Å². The lowest BCUT2D eigenvalue weighted by molar-refractivity contribution is -0.140. The third kappa shape index (κ3) is 7.02. The first kappa shape index (κ1) is 25.8. The molecule has 178 valence electrons. The molecule has 1 aliphatic rings. The Balaban J connectivity index is 2.06. The van der Waals surface area contributed by atoms with Crippen LogP contribution >= 0.6 is 7.75 Å². The van der Waals surface area contributed by atoms with Crippen LogP contribution < -0.4 is 16.3 Å². The van der Waals surface area contributed by atoms with E-state index in [2.05, 4.69) is 24.8 Å². The SMILES string of the molecule is CCOP(=O)(NCCCC(=O)OC)OC[C@H]1O[C@@H](n2cc(C)c(=O)[nH]c2=O)C[C@@H]1N=[N+]=[N-]. The molecule has 15 heteroatoms. The largest absolute Gasteiger partial charge is 0.469 e. The molecule has 2 rings (SSSR count). The summed E-state index contributed by atoms with van der Waals surface area (Å²) in [6.45, 7) is 3.20. The third-order valence-electron chi connectivity index (χ3n) is 4.66. The highest BCUT2D eigenvalue weighted by Gasteiger charge is 2.38. The highest BCUT2D eigenvalue weighted by molar-refractivity contribution is 7.51. The second-order valence-corrected chi connectivity index (χ2v) is 8.74. The van der Waals surface area contributed by atoms with Crippen LogP contribution in [-0.4, -0.2) is 54.5 Å². The molecule has 4 atom stereocenters. The van der Waals surface area contributed by atoms with E-state index in [0.29, 0.717) is 12.0 Å². The van der Waals surface area contributed by atoms with E-state index in [1.54, 1.807) is 13.8 Å². The van der Waals surface area contributed by atoms with Gasteiger partial charge in [-0.25, -0.2) is 14.4 Å². The number of aryl methyl sites for hydroxylation is 1. The van der Waals surface area contributed by atoms with E-state index in [-0.39, 0.29) is 32.6 Å². The maximum atomic E-state index is 12.9. The lowest BCUT2D eigenvalue weighted by Crippen LogP contribution is -2.33. The van der Waals surface area contributed by atoms with Crippen molar-refractivity contribution in [3.05, 3.63) is 43.0 Å². The maximum absolute atomic E-state index is 12.9. The van der Waals surface area contributed by atoms with Crippen molar-refractivity contribution in [2.24, 2.45) is 5.11 Å². The number of carbonyl (C=O) groups excluding carboxylic acids is 1. The number of nitrogens with zero attached hydrogens (tertiary/aromatic N) is 4. The molecule has 0 radical (unpaired) electrons. The smallest absolute Gasteiger partial charge is 0.405 e. The van der Waals surface area contributed by atoms with Gasteiger partial charge in [0.1, 0.15) is 6.23 Å². The van der Waals surface area contributed by atoms with Crippen molar-refractivity contribution in [1.29, 1.82) is 0 Å². The van der Waals surface area contributed by atoms with Gasteiger partial charge in [-0.2, -0.15) is 0 Å². The van der Waals surface area contributed by atoms with Crippen LogP contribution in [0.25, 0.3) is 10.4 Å². The van der Waals surface area contributed by atoms with Gasteiger partial charge in [0.25, 0.3) is 5.56 Å². The van der Waals surface area contributed by atoms with Gasteiger partial charge in [-0.05, 0) is 25.8 Å². The van der Waals surface area contributed by atoms with Gasteiger partial charge in [-0.1, -0.05) is 5.11 Å². The number of aromatic amines is 1. The van der Waals surface area contributed by atoms with Gasteiger partial charge < -0.3 is 9.47 Å². The maximum Gasteiger partial charge on any atom is 0.405 e. The van der Waals surface area contributed by atoms with E-state index >= 15 is 0 Å². The molecule has 0 bridgehead atoms. The number of carbonyl (C=O) groups is 1. The number of H-pyrrole nitrogens is 1. The Kier molecular flexibility index (Phi) is 9.63. The molecule has 1 aromatic heterocycles. The van der Waals surface area contributed by atoms with E-state index in [9.17, 15) is 18.9 Å². The Labute approximate surface area is 183 Å². The van der Waals surface area contributed by atoms with Crippen molar-refractivity contribution in [1.82, 2.24) is 14.6 Å². The third-order valence-corrected chi connectivity index (χ3v) is 6.36. The van der Waals surface area contributed by atoms with Crippen molar-refractivity contribution in [3.63, 3.8) is 0 Å². The predicted octanol–water partition coefficient (Wildman–Crippen LogP) is 1.52. The molecule has 0 aliphatic carbocycles. The highest BCUT2D eigenvalue weighted by Crippen LogP contribution is 2.44. The fraction of sp³-hybridized carbons (Fsp3) is 0.706. The van der Waals surface area contributed by atoms with Crippen molar-refractivity contribution in [3.8, 4) is 0 Å². The normalized spacial score (nSPS) is 22.2. The summed E-state index contributed by atoms with van der Waals surface area (Å²) in [5.74, 6) is -0.394. The summed E-state index contributed by atoms with van der Waals surface area (Å²) in [6.07, 6.45) is 0.355.